The Bertz CT molecular complexity index is 765. The highest BCUT2D eigenvalue weighted by Crippen LogP contribution is 2.24. The van der Waals surface area contributed by atoms with E-state index in [1.165, 1.54) is 31.2 Å². The summed E-state index contributed by atoms with van der Waals surface area (Å²) in [5, 5.41) is 14.2. The van der Waals surface area contributed by atoms with Gasteiger partial charge in [0.05, 0.1) is 10.6 Å². The van der Waals surface area contributed by atoms with Crippen molar-refractivity contribution in [3.05, 3.63) is 69.3 Å². The lowest BCUT2D eigenvalue weighted by Crippen LogP contribution is -2.05. The molecule has 5 nitrogen and oxygen atoms in total. The van der Waals surface area contributed by atoms with Gasteiger partial charge < -0.3 is 0 Å². The number of rotatable bonds is 4. The van der Waals surface area contributed by atoms with Gasteiger partial charge in [-0.05, 0) is 24.6 Å². The fraction of sp³-hybridized carbons (Fsp3) is 0.0714. The molecular weight excluding hydrogens is 318 g/mol. The van der Waals surface area contributed by atoms with Gasteiger partial charge in [0.25, 0.3) is 5.69 Å². The smallest absolute Gasteiger partial charge is 0.269 e. The molecular formula is C14H9F4N3O2. The number of nitro groups is 1. The minimum atomic E-state index is -1.61. The largest absolute Gasteiger partial charge is 0.272 e. The minimum Gasteiger partial charge on any atom is -0.272 e. The maximum Gasteiger partial charge on any atom is 0.269 e. The van der Waals surface area contributed by atoms with Crippen molar-refractivity contribution in [2.24, 2.45) is 5.10 Å². The van der Waals surface area contributed by atoms with E-state index in [-0.39, 0.29) is 17.5 Å². The average molecular weight is 327 g/mol. The quantitative estimate of drug-likeness (QED) is 0.303. The lowest BCUT2D eigenvalue weighted by atomic mass is 10.1. The summed E-state index contributed by atoms with van der Waals surface area (Å²) in [5.41, 5.74) is 1.33. The van der Waals surface area contributed by atoms with Crippen LogP contribution in [0.5, 0.6) is 0 Å². The molecule has 0 heterocycles. The summed E-state index contributed by atoms with van der Waals surface area (Å²) >= 11 is 0. The molecule has 2 rings (SSSR count). The van der Waals surface area contributed by atoms with E-state index in [0.717, 1.165) is 0 Å². The van der Waals surface area contributed by atoms with E-state index >= 15 is 0 Å². The van der Waals surface area contributed by atoms with Gasteiger partial charge in [0.2, 0.25) is 0 Å². The van der Waals surface area contributed by atoms with Crippen LogP contribution in [-0.2, 0) is 0 Å². The molecule has 9 heteroatoms. The highest BCUT2D eigenvalue weighted by atomic mass is 19.2. The molecule has 0 aliphatic carbocycles. The van der Waals surface area contributed by atoms with Crippen LogP contribution in [0.1, 0.15) is 12.5 Å². The second kappa shape index (κ2) is 6.42. The molecule has 2 aromatic carbocycles. The van der Waals surface area contributed by atoms with Gasteiger partial charge in [-0.2, -0.15) is 5.10 Å². The third-order valence-electron chi connectivity index (χ3n) is 2.94. The number of benzene rings is 2. The van der Waals surface area contributed by atoms with E-state index in [9.17, 15) is 27.7 Å². The summed E-state index contributed by atoms with van der Waals surface area (Å²) in [7, 11) is 0. The molecule has 0 radical (unpaired) electrons. The van der Waals surface area contributed by atoms with Gasteiger partial charge in [-0.1, -0.05) is 0 Å². The van der Waals surface area contributed by atoms with Crippen LogP contribution in [0.25, 0.3) is 0 Å². The van der Waals surface area contributed by atoms with E-state index in [2.05, 4.69) is 5.10 Å². The molecule has 0 saturated carbocycles. The number of hydrogen-bond donors (Lipinski definition) is 1. The van der Waals surface area contributed by atoms with Crippen molar-refractivity contribution >= 4 is 17.1 Å². The van der Waals surface area contributed by atoms with Crippen LogP contribution in [0.2, 0.25) is 0 Å². The second-order valence-corrected chi connectivity index (χ2v) is 4.46. The summed E-state index contributed by atoms with van der Waals surface area (Å²) in [4.78, 5) is 9.95. The number of hydrazone groups is 1. The number of nitrogens with zero attached hydrogens (tertiary/aromatic N) is 2. The molecule has 0 saturated heterocycles. The van der Waals surface area contributed by atoms with Gasteiger partial charge in [-0.3, -0.25) is 15.5 Å². The molecule has 0 unspecified atom stereocenters. The predicted octanol–water partition coefficient (Wildman–Crippen LogP) is 3.99. The number of hydrogen-bond acceptors (Lipinski definition) is 4. The minimum absolute atomic E-state index is 0.0861. The highest BCUT2D eigenvalue weighted by molar-refractivity contribution is 5.99. The maximum atomic E-state index is 13.4. The van der Waals surface area contributed by atoms with E-state index in [1.54, 1.807) is 0 Å². The summed E-state index contributed by atoms with van der Waals surface area (Å²) in [5.74, 6) is -6.34. The van der Waals surface area contributed by atoms with E-state index in [1.807, 2.05) is 5.43 Å². The number of halogens is 4. The molecule has 0 aliphatic heterocycles. The van der Waals surface area contributed by atoms with Gasteiger partial charge in [0, 0.05) is 18.2 Å². The molecule has 0 bridgehead atoms. The van der Waals surface area contributed by atoms with Crippen molar-refractivity contribution < 1.29 is 22.5 Å². The average Bonchev–Trinajstić information content (AvgIpc) is 2.53. The standard InChI is InChI=1S/C14H9F4N3O2/c1-7(8-2-4-9(5-3-8)21(22)23)19-20-14-12(17)10(15)6-11(16)13(14)18/h2-6,20H,1H3. The molecule has 1 N–H and O–H groups in total. The van der Waals surface area contributed by atoms with Crippen molar-refractivity contribution in [2.75, 3.05) is 5.43 Å². The van der Waals surface area contributed by atoms with Gasteiger partial charge in [-0.25, -0.2) is 17.6 Å². The van der Waals surface area contributed by atoms with Gasteiger partial charge in [0.15, 0.2) is 23.3 Å². The third-order valence-corrected chi connectivity index (χ3v) is 2.94. The van der Waals surface area contributed by atoms with Crippen LogP contribution in [0.15, 0.2) is 35.4 Å². The number of nitro benzene ring substituents is 1. The maximum absolute atomic E-state index is 13.4. The van der Waals surface area contributed by atoms with Gasteiger partial charge in [-0.15, -0.1) is 0 Å². The van der Waals surface area contributed by atoms with E-state index in [4.69, 9.17) is 0 Å². The normalized spacial score (nSPS) is 11.4. The Morgan fingerprint density at radius 1 is 1.09 bits per heavy atom. The van der Waals surface area contributed by atoms with Crippen molar-refractivity contribution in [2.45, 2.75) is 6.92 Å². The fourth-order valence-electron chi connectivity index (χ4n) is 1.70. The first-order valence-electron chi connectivity index (χ1n) is 6.19. The molecule has 2 aromatic rings. The van der Waals surface area contributed by atoms with E-state index in [0.29, 0.717) is 5.56 Å². The number of non-ortho nitro benzene ring substituents is 1. The molecule has 23 heavy (non-hydrogen) atoms. The zero-order valence-electron chi connectivity index (χ0n) is 11.6. The number of anilines is 1. The molecule has 120 valence electrons. The van der Waals surface area contributed by atoms with Crippen LogP contribution in [0.3, 0.4) is 0 Å². The van der Waals surface area contributed by atoms with Crippen molar-refractivity contribution in [1.29, 1.82) is 0 Å². The van der Waals surface area contributed by atoms with Crippen LogP contribution >= 0.6 is 0 Å². The lowest BCUT2D eigenvalue weighted by molar-refractivity contribution is -0.384. The summed E-state index contributed by atoms with van der Waals surface area (Å²) in [6, 6.07) is 5.27. The van der Waals surface area contributed by atoms with Crippen LogP contribution in [-0.4, -0.2) is 10.6 Å². The monoisotopic (exact) mass is 327 g/mol. The summed E-state index contributed by atoms with van der Waals surface area (Å²) in [6.07, 6.45) is 0. The van der Waals surface area contributed by atoms with Gasteiger partial charge >= 0.3 is 0 Å². The topological polar surface area (TPSA) is 67.5 Å². The molecule has 0 spiro atoms. The first-order chi connectivity index (χ1) is 10.8. The SMILES string of the molecule is CC(=NNc1c(F)c(F)cc(F)c1F)c1ccc([N+](=O)[O-])cc1. The molecule has 0 amide bonds. The van der Waals surface area contributed by atoms with Crippen molar-refractivity contribution in [3.63, 3.8) is 0 Å². The lowest BCUT2D eigenvalue weighted by Gasteiger charge is -2.07. The Kier molecular flexibility index (Phi) is 4.58. The predicted molar refractivity (Wildman–Crippen MR) is 75.2 cm³/mol. The van der Waals surface area contributed by atoms with Crippen LogP contribution < -0.4 is 5.43 Å². The van der Waals surface area contributed by atoms with Crippen molar-refractivity contribution in [3.8, 4) is 0 Å². The van der Waals surface area contributed by atoms with E-state index < -0.39 is 33.9 Å². The zero-order chi connectivity index (χ0) is 17.1. The zero-order valence-corrected chi connectivity index (χ0v) is 11.6. The Labute approximate surface area is 127 Å². The Morgan fingerprint density at radius 2 is 1.61 bits per heavy atom. The Balaban J connectivity index is 2.28. The van der Waals surface area contributed by atoms with Crippen LogP contribution in [0.4, 0.5) is 28.9 Å². The summed E-state index contributed by atoms with van der Waals surface area (Å²) in [6.45, 7) is 1.44. The Morgan fingerprint density at radius 3 is 2.09 bits per heavy atom. The third kappa shape index (κ3) is 3.44. The van der Waals surface area contributed by atoms with Crippen molar-refractivity contribution in [1.82, 2.24) is 0 Å². The first-order valence-corrected chi connectivity index (χ1v) is 6.19. The van der Waals surface area contributed by atoms with Gasteiger partial charge in [0.1, 0.15) is 5.69 Å². The highest BCUT2D eigenvalue weighted by Gasteiger charge is 2.18. The molecule has 0 fully saturated rings. The molecule has 0 atom stereocenters. The molecule has 0 aromatic heterocycles. The fourth-order valence-corrected chi connectivity index (χ4v) is 1.70. The first kappa shape index (κ1) is 16.4. The Hall–Kier alpha value is -2.97. The van der Waals surface area contributed by atoms with Crippen LogP contribution in [0, 0.1) is 33.4 Å². The second-order valence-electron chi connectivity index (χ2n) is 4.46. The number of nitrogens with one attached hydrogen (secondary N) is 1. The summed E-state index contributed by atoms with van der Waals surface area (Å²) < 4.78 is 53.0. The molecule has 0 aliphatic rings.